The molecular weight excluding hydrogens is 338 g/mol. The summed E-state index contributed by atoms with van der Waals surface area (Å²) in [4.78, 5) is 28.4. The molecule has 2 amide bonds. The van der Waals surface area contributed by atoms with Crippen molar-refractivity contribution >= 4 is 17.5 Å². The lowest BCUT2D eigenvalue weighted by molar-refractivity contribution is -0.886. The van der Waals surface area contributed by atoms with E-state index in [2.05, 4.69) is 38.2 Å². The molecule has 150 valence electrons. The highest BCUT2D eigenvalue weighted by atomic mass is 16.2. The first-order chi connectivity index (χ1) is 12.6. The van der Waals surface area contributed by atoms with Crippen molar-refractivity contribution in [3.05, 3.63) is 28.8 Å². The molecule has 2 rings (SSSR count). The zero-order chi connectivity index (χ0) is 20.3. The first kappa shape index (κ1) is 21.4. The van der Waals surface area contributed by atoms with Gasteiger partial charge in [0.15, 0.2) is 12.6 Å². The molecule has 27 heavy (non-hydrogen) atoms. The van der Waals surface area contributed by atoms with E-state index in [1.165, 1.54) is 12.0 Å². The van der Waals surface area contributed by atoms with Gasteiger partial charge < -0.3 is 15.1 Å². The average molecular weight is 375 g/mol. The maximum atomic E-state index is 12.9. The number of rotatable bonds is 5. The molecule has 0 spiro atoms. The fraction of sp³-hybridized carbons (Fsp3) is 0.636. The Morgan fingerprint density at radius 3 is 2.19 bits per heavy atom. The lowest BCUT2D eigenvalue weighted by Crippen LogP contribution is -3.15. The van der Waals surface area contributed by atoms with Gasteiger partial charge in [-0.05, 0) is 57.1 Å². The van der Waals surface area contributed by atoms with Crippen LogP contribution in [0.1, 0.15) is 43.9 Å². The van der Waals surface area contributed by atoms with Gasteiger partial charge in [0.05, 0.1) is 7.05 Å². The SMILES string of the molecule is Cc1cc(C)c(NC(=O)C[NH+](C)[C@H](C)C(=O)N2C[C@H](C)C[C@H](C)C2)c(C)c1. The average Bonchev–Trinajstić information content (AvgIpc) is 2.55. The lowest BCUT2D eigenvalue weighted by atomic mass is 9.91. The number of amides is 2. The second-order valence-electron chi connectivity index (χ2n) is 8.76. The van der Waals surface area contributed by atoms with E-state index in [1.807, 2.05) is 32.7 Å². The smallest absolute Gasteiger partial charge is 0.280 e. The number of carbonyl (C=O) groups excluding carboxylic acids is 2. The third-order valence-corrected chi connectivity index (χ3v) is 5.67. The summed E-state index contributed by atoms with van der Waals surface area (Å²) in [5, 5.41) is 3.04. The number of quaternary nitrogens is 1. The zero-order valence-corrected chi connectivity index (χ0v) is 18.0. The van der Waals surface area contributed by atoms with E-state index in [1.54, 1.807) is 0 Å². The van der Waals surface area contributed by atoms with Crippen molar-refractivity contribution < 1.29 is 14.5 Å². The number of nitrogens with zero attached hydrogens (tertiary/aromatic N) is 1. The Labute approximate surface area is 164 Å². The highest BCUT2D eigenvalue weighted by Crippen LogP contribution is 2.22. The summed E-state index contributed by atoms with van der Waals surface area (Å²) in [6.07, 6.45) is 1.18. The maximum absolute atomic E-state index is 12.9. The van der Waals surface area contributed by atoms with Gasteiger partial charge in [-0.25, -0.2) is 0 Å². The van der Waals surface area contributed by atoms with Crippen LogP contribution in [0.25, 0.3) is 0 Å². The minimum absolute atomic E-state index is 0.0532. The predicted molar refractivity (Wildman–Crippen MR) is 110 cm³/mol. The van der Waals surface area contributed by atoms with Crippen LogP contribution in [-0.4, -0.2) is 49.4 Å². The van der Waals surface area contributed by atoms with Crippen LogP contribution in [0.5, 0.6) is 0 Å². The van der Waals surface area contributed by atoms with Gasteiger partial charge in [0, 0.05) is 18.8 Å². The van der Waals surface area contributed by atoms with Crippen molar-refractivity contribution in [2.45, 2.75) is 54.0 Å². The number of likely N-dealkylation sites (tertiary alicyclic amines) is 1. The molecule has 1 unspecified atom stereocenters. The molecule has 1 aliphatic rings. The molecule has 0 aromatic heterocycles. The van der Waals surface area contributed by atoms with Gasteiger partial charge in [-0.2, -0.15) is 0 Å². The molecule has 0 aliphatic carbocycles. The van der Waals surface area contributed by atoms with E-state index in [9.17, 15) is 9.59 Å². The number of benzene rings is 1. The van der Waals surface area contributed by atoms with Crippen LogP contribution in [-0.2, 0) is 9.59 Å². The summed E-state index contributed by atoms with van der Waals surface area (Å²) in [5.74, 6) is 1.19. The van der Waals surface area contributed by atoms with Gasteiger partial charge in [0.1, 0.15) is 0 Å². The third kappa shape index (κ3) is 5.55. The van der Waals surface area contributed by atoms with Crippen molar-refractivity contribution in [1.82, 2.24) is 4.90 Å². The van der Waals surface area contributed by atoms with E-state index in [-0.39, 0.29) is 24.4 Å². The van der Waals surface area contributed by atoms with Crippen LogP contribution in [0.4, 0.5) is 5.69 Å². The highest BCUT2D eigenvalue weighted by molar-refractivity contribution is 5.93. The Kier molecular flexibility index (Phi) is 7.04. The molecule has 1 aromatic rings. The topological polar surface area (TPSA) is 53.9 Å². The van der Waals surface area contributed by atoms with Gasteiger partial charge in [0.2, 0.25) is 0 Å². The number of hydrogen-bond donors (Lipinski definition) is 2. The number of piperidine rings is 1. The normalized spacial score (nSPS) is 22.3. The molecule has 0 saturated carbocycles. The van der Waals surface area contributed by atoms with E-state index in [0.29, 0.717) is 11.8 Å². The molecule has 4 atom stereocenters. The Hall–Kier alpha value is -1.88. The number of aryl methyl sites for hydroxylation is 3. The van der Waals surface area contributed by atoms with Gasteiger partial charge in [0.25, 0.3) is 11.8 Å². The van der Waals surface area contributed by atoms with Crippen molar-refractivity contribution in [2.24, 2.45) is 11.8 Å². The third-order valence-electron chi connectivity index (χ3n) is 5.67. The molecule has 2 N–H and O–H groups in total. The van der Waals surface area contributed by atoms with Crippen LogP contribution in [0.3, 0.4) is 0 Å². The summed E-state index contributed by atoms with van der Waals surface area (Å²) in [6, 6.07) is 3.92. The molecule has 1 saturated heterocycles. The van der Waals surface area contributed by atoms with Crippen LogP contribution >= 0.6 is 0 Å². The standard InChI is InChI=1S/C22H35N3O2/c1-14-9-17(4)21(18(5)10-14)23-20(26)13-24(7)19(6)22(27)25-11-15(2)8-16(3)12-25/h9-10,15-16,19H,8,11-13H2,1-7H3,(H,23,26)/p+1/t15-,16+,19-/m1/s1. The van der Waals surface area contributed by atoms with Crippen molar-refractivity contribution in [1.29, 1.82) is 0 Å². The monoisotopic (exact) mass is 374 g/mol. The number of nitrogens with one attached hydrogen (secondary N) is 2. The van der Waals surface area contributed by atoms with Crippen molar-refractivity contribution in [2.75, 3.05) is 32.0 Å². The Balaban J connectivity index is 1.96. The van der Waals surface area contributed by atoms with Gasteiger partial charge in [-0.15, -0.1) is 0 Å². The van der Waals surface area contributed by atoms with Crippen LogP contribution in [0.2, 0.25) is 0 Å². The first-order valence-electron chi connectivity index (χ1n) is 10.1. The number of carbonyl (C=O) groups is 2. The second-order valence-corrected chi connectivity index (χ2v) is 8.76. The second kappa shape index (κ2) is 8.87. The molecule has 1 aromatic carbocycles. The maximum Gasteiger partial charge on any atom is 0.280 e. The van der Waals surface area contributed by atoms with Gasteiger partial charge >= 0.3 is 0 Å². The largest absolute Gasteiger partial charge is 0.337 e. The Bertz CT molecular complexity index is 668. The molecule has 0 bridgehead atoms. The summed E-state index contributed by atoms with van der Waals surface area (Å²) >= 11 is 0. The van der Waals surface area contributed by atoms with Gasteiger partial charge in [-0.3, -0.25) is 9.59 Å². The van der Waals surface area contributed by atoms with E-state index < -0.39 is 0 Å². The van der Waals surface area contributed by atoms with E-state index >= 15 is 0 Å². The summed E-state index contributed by atoms with van der Waals surface area (Å²) in [5.41, 5.74) is 4.21. The molecule has 5 heteroatoms. The van der Waals surface area contributed by atoms with Crippen LogP contribution < -0.4 is 10.2 Å². The quantitative estimate of drug-likeness (QED) is 0.828. The fourth-order valence-corrected chi connectivity index (χ4v) is 4.29. The van der Waals surface area contributed by atoms with Crippen molar-refractivity contribution in [3.63, 3.8) is 0 Å². The highest BCUT2D eigenvalue weighted by Gasteiger charge is 2.32. The molecule has 0 radical (unpaired) electrons. The Morgan fingerprint density at radius 1 is 1.15 bits per heavy atom. The molecule has 5 nitrogen and oxygen atoms in total. The Morgan fingerprint density at radius 2 is 1.67 bits per heavy atom. The fourth-order valence-electron chi connectivity index (χ4n) is 4.29. The molecule has 1 aliphatic heterocycles. The summed E-state index contributed by atoms with van der Waals surface area (Å²) in [7, 11) is 1.92. The van der Waals surface area contributed by atoms with Gasteiger partial charge in [-0.1, -0.05) is 31.5 Å². The zero-order valence-electron chi connectivity index (χ0n) is 18.0. The molecule has 1 fully saturated rings. The number of likely N-dealkylation sites (N-methyl/N-ethyl adjacent to an activating group) is 1. The van der Waals surface area contributed by atoms with Crippen molar-refractivity contribution in [3.8, 4) is 0 Å². The first-order valence-corrected chi connectivity index (χ1v) is 10.1. The van der Waals surface area contributed by atoms with E-state index in [0.717, 1.165) is 34.8 Å². The molecular formula is C22H36N3O2+. The number of anilines is 1. The summed E-state index contributed by atoms with van der Waals surface area (Å²) < 4.78 is 0. The summed E-state index contributed by atoms with van der Waals surface area (Å²) in [6.45, 7) is 14.3. The predicted octanol–water partition coefficient (Wildman–Crippen LogP) is 1.96. The van der Waals surface area contributed by atoms with E-state index in [4.69, 9.17) is 0 Å². The van der Waals surface area contributed by atoms with Crippen LogP contribution in [0.15, 0.2) is 12.1 Å². The van der Waals surface area contributed by atoms with Crippen LogP contribution in [0, 0.1) is 32.6 Å². The lowest BCUT2D eigenvalue weighted by Gasteiger charge is -2.36. The number of hydrogen-bond acceptors (Lipinski definition) is 2. The molecule has 1 heterocycles. The minimum atomic E-state index is -0.228. The minimum Gasteiger partial charge on any atom is -0.337 e.